The highest BCUT2D eigenvalue weighted by Gasteiger charge is 2.31. The van der Waals surface area contributed by atoms with Gasteiger partial charge >= 0.3 is 5.97 Å². The molecule has 144 valence electrons. The molecule has 27 heavy (non-hydrogen) atoms. The van der Waals surface area contributed by atoms with Crippen LogP contribution < -0.4 is 4.72 Å². The number of sulfonamides is 1. The van der Waals surface area contributed by atoms with Crippen molar-refractivity contribution in [3.8, 4) is 0 Å². The second-order valence-corrected chi connectivity index (χ2v) is 9.04. The van der Waals surface area contributed by atoms with Gasteiger partial charge in [-0.1, -0.05) is 48.4 Å². The van der Waals surface area contributed by atoms with Crippen LogP contribution in [-0.4, -0.2) is 25.5 Å². The van der Waals surface area contributed by atoms with E-state index in [4.69, 9.17) is 5.11 Å². The first kappa shape index (κ1) is 19.6. The second kappa shape index (κ2) is 8.23. The molecule has 1 aliphatic rings. The minimum absolute atomic E-state index is 0.0166. The second-order valence-electron chi connectivity index (χ2n) is 7.32. The number of carboxylic acid groups (broad SMARTS) is 1. The van der Waals surface area contributed by atoms with Crippen molar-refractivity contribution in [2.75, 3.05) is 0 Å². The third-order valence-corrected chi connectivity index (χ3v) is 6.68. The summed E-state index contributed by atoms with van der Waals surface area (Å²) in [5.74, 6) is -0.598. The van der Waals surface area contributed by atoms with Crippen LogP contribution in [0, 0.1) is 12.8 Å². The molecular weight excluding hydrogens is 362 g/mol. The van der Waals surface area contributed by atoms with Crippen LogP contribution in [0.1, 0.15) is 36.0 Å². The average Bonchev–Trinajstić information content (AvgIpc) is 3.02. The molecule has 0 spiro atoms. The Labute approximate surface area is 160 Å². The highest BCUT2D eigenvalue weighted by molar-refractivity contribution is 7.89. The van der Waals surface area contributed by atoms with Gasteiger partial charge in [0.2, 0.25) is 10.0 Å². The fourth-order valence-corrected chi connectivity index (χ4v) is 5.03. The summed E-state index contributed by atoms with van der Waals surface area (Å²) in [5, 5.41) is 8.85. The van der Waals surface area contributed by atoms with Crippen molar-refractivity contribution in [3.05, 3.63) is 65.2 Å². The monoisotopic (exact) mass is 387 g/mol. The van der Waals surface area contributed by atoms with Crippen LogP contribution in [0.2, 0.25) is 0 Å². The fourth-order valence-electron chi connectivity index (χ4n) is 3.69. The lowest BCUT2D eigenvalue weighted by Crippen LogP contribution is -2.38. The van der Waals surface area contributed by atoms with Crippen LogP contribution in [0.4, 0.5) is 0 Å². The molecule has 6 heteroatoms. The normalized spacial score (nSPS) is 19.9. The van der Waals surface area contributed by atoms with Gasteiger partial charge in [-0.2, -0.15) is 0 Å². The molecule has 1 saturated carbocycles. The Morgan fingerprint density at radius 1 is 1.04 bits per heavy atom. The minimum Gasteiger partial charge on any atom is -0.481 e. The molecule has 0 radical (unpaired) electrons. The Hall–Kier alpha value is -2.18. The van der Waals surface area contributed by atoms with E-state index < -0.39 is 16.0 Å². The lowest BCUT2D eigenvalue weighted by atomic mass is 9.94. The number of hydrogen-bond acceptors (Lipinski definition) is 3. The highest BCUT2D eigenvalue weighted by atomic mass is 32.2. The molecule has 0 amide bonds. The number of benzene rings is 2. The van der Waals surface area contributed by atoms with Crippen molar-refractivity contribution in [1.29, 1.82) is 0 Å². The van der Waals surface area contributed by atoms with Gasteiger partial charge in [0.15, 0.2) is 0 Å². The molecule has 0 aliphatic heterocycles. The number of carbonyl (C=O) groups is 1. The molecule has 2 unspecified atom stereocenters. The number of hydrogen-bond donors (Lipinski definition) is 2. The zero-order valence-electron chi connectivity index (χ0n) is 15.4. The summed E-state index contributed by atoms with van der Waals surface area (Å²) in [6.45, 7) is 1.93. The smallest absolute Gasteiger partial charge is 0.307 e. The maximum absolute atomic E-state index is 12.7. The zero-order valence-corrected chi connectivity index (χ0v) is 16.2. The molecule has 0 saturated heterocycles. The summed E-state index contributed by atoms with van der Waals surface area (Å²) >= 11 is 0. The van der Waals surface area contributed by atoms with Crippen molar-refractivity contribution in [3.63, 3.8) is 0 Å². The van der Waals surface area contributed by atoms with Gasteiger partial charge in [-0.25, -0.2) is 13.1 Å². The lowest BCUT2D eigenvalue weighted by molar-refractivity contribution is -0.136. The topological polar surface area (TPSA) is 83.5 Å². The standard InChI is InChI=1S/C21H25NO4S/c1-15-5-11-19(12-6-15)27(25,26)22-20-4-2-3-18(20)13-16-7-9-17(10-8-16)14-21(23)24/h5-12,18,20,22H,2-4,13-14H2,1H3,(H,23,24). The molecule has 0 bridgehead atoms. The molecule has 2 aromatic carbocycles. The van der Waals surface area contributed by atoms with Crippen molar-refractivity contribution in [2.45, 2.75) is 50.0 Å². The van der Waals surface area contributed by atoms with Crippen LogP contribution in [0.25, 0.3) is 0 Å². The van der Waals surface area contributed by atoms with Crippen LogP contribution in [0.3, 0.4) is 0 Å². The highest BCUT2D eigenvalue weighted by Crippen LogP contribution is 2.30. The van der Waals surface area contributed by atoms with E-state index in [1.165, 1.54) is 0 Å². The van der Waals surface area contributed by atoms with Crippen molar-refractivity contribution in [1.82, 2.24) is 4.72 Å². The van der Waals surface area contributed by atoms with E-state index >= 15 is 0 Å². The Balaban J connectivity index is 1.66. The van der Waals surface area contributed by atoms with Crippen molar-refractivity contribution in [2.24, 2.45) is 5.92 Å². The molecule has 1 fully saturated rings. The average molecular weight is 388 g/mol. The van der Waals surface area contributed by atoms with Gasteiger partial charge in [0.25, 0.3) is 0 Å². The van der Waals surface area contributed by atoms with E-state index in [-0.39, 0.29) is 18.4 Å². The largest absolute Gasteiger partial charge is 0.481 e. The van der Waals surface area contributed by atoms with Crippen LogP contribution in [-0.2, 0) is 27.7 Å². The van der Waals surface area contributed by atoms with E-state index in [1.807, 2.05) is 31.2 Å². The molecule has 0 heterocycles. The molecule has 2 atom stereocenters. The van der Waals surface area contributed by atoms with E-state index in [0.29, 0.717) is 4.90 Å². The summed E-state index contributed by atoms with van der Waals surface area (Å²) in [6, 6.07) is 14.4. The quantitative estimate of drug-likeness (QED) is 0.763. The number of rotatable bonds is 7. The summed E-state index contributed by atoms with van der Waals surface area (Å²) in [4.78, 5) is 11.1. The lowest BCUT2D eigenvalue weighted by Gasteiger charge is -2.21. The molecule has 2 N–H and O–H groups in total. The summed E-state index contributed by atoms with van der Waals surface area (Å²) in [5.41, 5.74) is 2.91. The maximum atomic E-state index is 12.7. The van der Waals surface area contributed by atoms with Gasteiger partial charge in [-0.15, -0.1) is 0 Å². The predicted molar refractivity (Wildman–Crippen MR) is 104 cm³/mol. The minimum atomic E-state index is -3.52. The Bertz CT molecular complexity index is 889. The molecule has 0 aromatic heterocycles. The van der Waals surface area contributed by atoms with Gasteiger partial charge in [-0.3, -0.25) is 4.79 Å². The van der Waals surface area contributed by atoms with Gasteiger partial charge in [-0.05, 0) is 55.4 Å². The molecular formula is C21H25NO4S. The Morgan fingerprint density at radius 2 is 1.67 bits per heavy atom. The van der Waals surface area contributed by atoms with Gasteiger partial charge < -0.3 is 5.11 Å². The number of nitrogens with one attached hydrogen (secondary N) is 1. The first-order chi connectivity index (χ1) is 12.8. The third-order valence-electron chi connectivity index (χ3n) is 5.17. The third kappa shape index (κ3) is 5.17. The van der Waals surface area contributed by atoms with Crippen molar-refractivity contribution >= 4 is 16.0 Å². The number of carboxylic acids is 1. The maximum Gasteiger partial charge on any atom is 0.307 e. The van der Waals surface area contributed by atoms with Crippen LogP contribution in [0.15, 0.2) is 53.4 Å². The van der Waals surface area contributed by atoms with Gasteiger partial charge in [0.1, 0.15) is 0 Å². The van der Waals surface area contributed by atoms with Gasteiger partial charge in [0, 0.05) is 6.04 Å². The predicted octanol–water partition coefficient (Wildman–Crippen LogP) is 3.31. The SMILES string of the molecule is Cc1ccc(S(=O)(=O)NC2CCCC2Cc2ccc(CC(=O)O)cc2)cc1. The fraction of sp³-hybridized carbons (Fsp3) is 0.381. The molecule has 2 aromatic rings. The molecule has 3 rings (SSSR count). The van der Waals surface area contributed by atoms with E-state index in [2.05, 4.69) is 4.72 Å². The Morgan fingerprint density at radius 3 is 2.30 bits per heavy atom. The first-order valence-corrected chi connectivity index (χ1v) is 10.7. The molecule has 5 nitrogen and oxygen atoms in total. The summed E-state index contributed by atoms with van der Waals surface area (Å²) in [6.07, 6.45) is 3.63. The number of aryl methyl sites for hydroxylation is 1. The molecule has 1 aliphatic carbocycles. The van der Waals surface area contributed by atoms with Crippen LogP contribution in [0.5, 0.6) is 0 Å². The van der Waals surface area contributed by atoms with E-state index in [0.717, 1.165) is 42.4 Å². The van der Waals surface area contributed by atoms with E-state index in [1.54, 1.807) is 24.3 Å². The Kier molecular flexibility index (Phi) is 5.97. The summed E-state index contributed by atoms with van der Waals surface area (Å²) < 4.78 is 28.2. The van der Waals surface area contributed by atoms with Crippen molar-refractivity contribution < 1.29 is 18.3 Å². The summed E-state index contributed by atoms with van der Waals surface area (Å²) in [7, 11) is -3.52. The number of aliphatic carboxylic acids is 1. The van der Waals surface area contributed by atoms with Crippen LogP contribution >= 0.6 is 0 Å². The van der Waals surface area contributed by atoms with E-state index in [9.17, 15) is 13.2 Å². The zero-order chi connectivity index (χ0) is 19.4. The first-order valence-electron chi connectivity index (χ1n) is 9.22. The van der Waals surface area contributed by atoms with Gasteiger partial charge in [0.05, 0.1) is 11.3 Å².